The zero-order valence-electron chi connectivity index (χ0n) is 12.7. The molecule has 1 aliphatic rings. The van der Waals surface area contributed by atoms with E-state index in [4.69, 9.17) is 14.2 Å². The zero-order chi connectivity index (χ0) is 15.1. The summed E-state index contributed by atoms with van der Waals surface area (Å²) in [6.07, 6.45) is 0.809. The first-order chi connectivity index (χ1) is 10.2. The van der Waals surface area contributed by atoms with Crippen LogP contribution in [0.5, 0.6) is 11.5 Å². The highest BCUT2D eigenvalue weighted by Gasteiger charge is 2.14. The maximum absolute atomic E-state index is 12.0. The molecule has 1 amide bonds. The summed E-state index contributed by atoms with van der Waals surface area (Å²) in [7, 11) is 0. The summed E-state index contributed by atoms with van der Waals surface area (Å²) in [6.45, 7) is 7.33. The molecule has 0 radical (unpaired) electrons. The summed E-state index contributed by atoms with van der Waals surface area (Å²) in [5.41, 5.74) is 0.586. The second-order valence-corrected chi connectivity index (χ2v) is 5.44. The number of carbonyl (C=O) groups is 1. The van der Waals surface area contributed by atoms with E-state index in [9.17, 15) is 4.79 Å². The Morgan fingerprint density at radius 1 is 1.29 bits per heavy atom. The third kappa shape index (κ3) is 4.93. The van der Waals surface area contributed by atoms with Gasteiger partial charge < -0.3 is 19.5 Å². The molecule has 0 fully saturated rings. The predicted molar refractivity (Wildman–Crippen MR) is 80.0 cm³/mol. The number of hydrogen-bond acceptors (Lipinski definition) is 4. The fraction of sp³-hybridized carbons (Fsp3) is 0.562. The van der Waals surface area contributed by atoms with Gasteiger partial charge in [-0.05, 0) is 30.5 Å². The Balaban J connectivity index is 1.73. The molecule has 1 aliphatic heterocycles. The SMILES string of the molecule is CC(C)COCCCNC(=O)c1ccc2c(c1)OCCO2. The number of benzene rings is 1. The van der Waals surface area contributed by atoms with Crippen molar-refractivity contribution in [3.8, 4) is 11.5 Å². The molecule has 0 unspecified atom stereocenters. The highest BCUT2D eigenvalue weighted by molar-refractivity contribution is 5.94. The van der Waals surface area contributed by atoms with Crippen molar-refractivity contribution in [1.29, 1.82) is 0 Å². The van der Waals surface area contributed by atoms with Crippen molar-refractivity contribution < 1.29 is 19.0 Å². The van der Waals surface area contributed by atoms with Crippen LogP contribution in [-0.4, -0.2) is 38.9 Å². The molecule has 2 rings (SSSR count). The normalized spacial score (nSPS) is 13.3. The largest absolute Gasteiger partial charge is 0.486 e. The van der Waals surface area contributed by atoms with Gasteiger partial charge in [-0.15, -0.1) is 0 Å². The number of rotatable bonds is 7. The van der Waals surface area contributed by atoms with Crippen molar-refractivity contribution in [3.05, 3.63) is 23.8 Å². The topological polar surface area (TPSA) is 56.8 Å². The number of carbonyl (C=O) groups excluding carboxylic acids is 1. The Hall–Kier alpha value is -1.75. The van der Waals surface area contributed by atoms with E-state index >= 15 is 0 Å². The lowest BCUT2D eigenvalue weighted by molar-refractivity contribution is 0.0924. The van der Waals surface area contributed by atoms with Crippen molar-refractivity contribution in [2.45, 2.75) is 20.3 Å². The molecule has 1 aromatic carbocycles. The molecule has 0 spiro atoms. The number of ether oxygens (including phenoxy) is 3. The van der Waals surface area contributed by atoms with Gasteiger partial charge in [-0.3, -0.25) is 4.79 Å². The van der Waals surface area contributed by atoms with Crippen LogP contribution in [0.4, 0.5) is 0 Å². The van der Waals surface area contributed by atoms with Crippen LogP contribution in [0, 0.1) is 5.92 Å². The van der Waals surface area contributed by atoms with E-state index in [0.29, 0.717) is 49.3 Å². The second kappa shape index (κ2) is 7.88. The second-order valence-electron chi connectivity index (χ2n) is 5.44. The van der Waals surface area contributed by atoms with Gasteiger partial charge in [0.2, 0.25) is 0 Å². The van der Waals surface area contributed by atoms with Crippen molar-refractivity contribution in [2.24, 2.45) is 5.92 Å². The van der Waals surface area contributed by atoms with Gasteiger partial charge >= 0.3 is 0 Å². The summed E-state index contributed by atoms with van der Waals surface area (Å²) in [5.74, 6) is 1.77. The van der Waals surface area contributed by atoms with Gasteiger partial charge in [0.1, 0.15) is 13.2 Å². The van der Waals surface area contributed by atoms with Gasteiger partial charge in [-0.25, -0.2) is 0 Å². The van der Waals surface area contributed by atoms with Crippen molar-refractivity contribution in [1.82, 2.24) is 5.32 Å². The average molecular weight is 293 g/mol. The van der Waals surface area contributed by atoms with E-state index in [1.165, 1.54) is 0 Å². The molecule has 116 valence electrons. The highest BCUT2D eigenvalue weighted by atomic mass is 16.6. The third-order valence-electron chi connectivity index (χ3n) is 3.01. The van der Waals surface area contributed by atoms with Crippen LogP contribution in [0.3, 0.4) is 0 Å². The van der Waals surface area contributed by atoms with Crippen molar-refractivity contribution in [2.75, 3.05) is 33.0 Å². The first-order valence-electron chi connectivity index (χ1n) is 7.42. The molecule has 0 aromatic heterocycles. The maximum atomic E-state index is 12.0. The molecule has 0 bridgehead atoms. The molecule has 1 N–H and O–H groups in total. The molecule has 0 aliphatic carbocycles. The van der Waals surface area contributed by atoms with Gasteiger partial charge in [0.15, 0.2) is 11.5 Å². The molecular formula is C16H23NO4. The van der Waals surface area contributed by atoms with Gasteiger partial charge in [0.05, 0.1) is 0 Å². The lowest BCUT2D eigenvalue weighted by Gasteiger charge is -2.18. The number of amides is 1. The lowest BCUT2D eigenvalue weighted by atomic mass is 10.2. The molecule has 1 aromatic rings. The molecule has 5 nitrogen and oxygen atoms in total. The van der Waals surface area contributed by atoms with E-state index < -0.39 is 0 Å². The standard InChI is InChI=1S/C16H23NO4/c1-12(2)11-19-7-3-6-17-16(18)13-4-5-14-15(10-13)21-9-8-20-14/h4-5,10,12H,3,6-9,11H2,1-2H3,(H,17,18). The van der Waals surface area contributed by atoms with E-state index in [2.05, 4.69) is 19.2 Å². The Kier molecular flexibility index (Phi) is 5.87. The fourth-order valence-corrected chi connectivity index (χ4v) is 1.98. The minimum Gasteiger partial charge on any atom is -0.486 e. The molecule has 1 heterocycles. The van der Waals surface area contributed by atoms with Crippen LogP contribution in [-0.2, 0) is 4.74 Å². The van der Waals surface area contributed by atoms with Gasteiger partial charge in [-0.1, -0.05) is 13.8 Å². The van der Waals surface area contributed by atoms with Crippen LogP contribution >= 0.6 is 0 Å². The Labute approximate surface area is 125 Å². The number of fused-ring (bicyclic) bond motifs is 1. The monoisotopic (exact) mass is 293 g/mol. The van der Waals surface area contributed by atoms with Crippen LogP contribution in [0.25, 0.3) is 0 Å². The molecule has 5 heteroatoms. The van der Waals surface area contributed by atoms with E-state index in [1.807, 2.05) is 0 Å². The average Bonchev–Trinajstić information content (AvgIpc) is 2.49. The smallest absolute Gasteiger partial charge is 0.251 e. The molecular weight excluding hydrogens is 270 g/mol. The summed E-state index contributed by atoms with van der Waals surface area (Å²) in [5, 5.41) is 2.88. The maximum Gasteiger partial charge on any atom is 0.251 e. The minimum absolute atomic E-state index is 0.101. The molecule has 21 heavy (non-hydrogen) atoms. The first kappa shape index (κ1) is 15.6. The zero-order valence-corrected chi connectivity index (χ0v) is 12.7. The summed E-state index contributed by atoms with van der Waals surface area (Å²) in [6, 6.07) is 5.24. The van der Waals surface area contributed by atoms with Crippen LogP contribution in [0.2, 0.25) is 0 Å². The third-order valence-corrected chi connectivity index (χ3v) is 3.01. The minimum atomic E-state index is -0.101. The van der Waals surface area contributed by atoms with Crippen molar-refractivity contribution >= 4 is 5.91 Å². The van der Waals surface area contributed by atoms with Crippen molar-refractivity contribution in [3.63, 3.8) is 0 Å². The van der Waals surface area contributed by atoms with Crippen LogP contribution in [0.15, 0.2) is 18.2 Å². The Bertz CT molecular complexity index is 473. The Morgan fingerprint density at radius 3 is 2.81 bits per heavy atom. The molecule has 0 saturated heterocycles. The van der Waals surface area contributed by atoms with Gasteiger partial charge in [0, 0.05) is 25.3 Å². The summed E-state index contributed by atoms with van der Waals surface area (Å²) < 4.78 is 16.4. The van der Waals surface area contributed by atoms with Crippen LogP contribution in [0.1, 0.15) is 30.6 Å². The predicted octanol–water partition coefficient (Wildman–Crippen LogP) is 2.25. The van der Waals surface area contributed by atoms with Gasteiger partial charge in [-0.2, -0.15) is 0 Å². The molecule has 0 saturated carbocycles. The van der Waals surface area contributed by atoms with E-state index in [-0.39, 0.29) is 5.91 Å². The van der Waals surface area contributed by atoms with E-state index in [1.54, 1.807) is 18.2 Å². The Morgan fingerprint density at radius 2 is 2.05 bits per heavy atom. The number of nitrogens with one attached hydrogen (secondary N) is 1. The fourth-order valence-electron chi connectivity index (χ4n) is 1.98. The number of hydrogen-bond donors (Lipinski definition) is 1. The highest BCUT2D eigenvalue weighted by Crippen LogP contribution is 2.30. The quantitative estimate of drug-likeness (QED) is 0.783. The lowest BCUT2D eigenvalue weighted by Crippen LogP contribution is -2.25. The van der Waals surface area contributed by atoms with Gasteiger partial charge in [0.25, 0.3) is 5.91 Å². The first-order valence-corrected chi connectivity index (χ1v) is 7.42. The van der Waals surface area contributed by atoms with Crippen LogP contribution < -0.4 is 14.8 Å². The summed E-state index contributed by atoms with van der Waals surface area (Å²) in [4.78, 5) is 12.0. The van der Waals surface area contributed by atoms with E-state index in [0.717, 1.165) is 13.0 Å². The summed E-state index contributed by atoms with van der Waals surface area (Å²) >= 11 is 0. The molecule has 0 atom stereocenters.